The molecule has 5 nitrogen and oxygen atoms in total. The van der Waals surface area contributed by atoms with Gasteiger partial charge >= 0.3 is 0 Å². The molecule has 0 saturated carbocycles. The molecule has 0 saturated heterocycles. The summed E-state index contributed by atoms with van der Waals surface area (Å²) in [5.41, 5.74) is 0.654. The molecule has 0 radical (unpaired) electrons. The number of fused-ring (bicyclic) bond motifs is 1. The van der Waals surface area contributed by atoms with Crippen LogP contribution < -0.4 is 14.8 Å². The molecule has 0 spiro atoms. The van der Waals surface area contributed by atoms with E-state index in [-0.39, 0.29) is 5.75 Å². The summed E-state index contributed by atoms with van der Waals surface area (Å²) in [6.45, 7) is 0.837. The van der Waals surface area contributed by atoms with Crippen molar-refractivity contribution < 1.29 is 19.4 Å². The number of phenols is 1. The van der Waals surface area contributed by atoms with Crippen LogP contribution in [-0.2, 0) is 0 Å². The van der Waals surface area contributed by atoms with E-state index in [0.29, 0.717) is 41.0 Å². The number of amides is 1. The normalized spacial score (nSPS) is 12.8. The molecule has 0 bridgehead atoms. The first kappa shape index (κ1) is 13.6. The Morgan fingerprint density at radius 3 is 2.76 bits per heavy atom. The zero-order chi connectivity index (χ0) is 14.8. The van der Waals surface area contributed by atoms with Crippen molar-refractivity contribution in [1.29, 1.82) is 0 Å². The molecule has 0 aromatic heterocycles. The van der Waals surface area contributed by atoms with Gasteiger partial charge in [-0.15, -0.1) is 0 Å². The third kappa shape index (κ3) is 2.73. The maximum Gasteiger partial charge on any atom is 0.255 e. The van der Waals surface area contributed by atoms with Gasteiger partial charge in [0.15, 0.2) is 11.5 Å². The predicted molar refractivity (Wildman–Crippen MR) is 78.5 cm³/mol. The number of benzene rings is 2. The second kappa shape index (κ2) is 5.54. The van der Waals surface area contributed by atoms with E-state index >= 15 is 0 Å². The average molecular weight is 306 g/mol. The number of carbonyl (C=O) groups excluding carboxylic acids is 1. The van der Waals surface area contributed by atoms with Crippen molar-refractivity contribution in [3.05, 3.63) is 47.0 Å². The van der Waals surface area contributed by atoms with Gasteiger partial charge in [-0.3, -0.25) is 4.79 Å². The number of anilines is 1. The Labute approximate surface area is 126 Å². The fourth-order valence-corrected chi connectivity index (χ4v) is 2.28. The lowest BCUT2D eigenvalue weighted by Gasteiger charge is -2.20. The number of carbonyl (C=O) groups is 1. The van der Waals surface area contributed by atoms with Gasteiger partial charge in [0.25, 0.3) is 5.91 Å². The summed E-state index contributed by atoms with van der Waals surface area (Å²) in [6, 6.07) is 9.55. The lowest BCUT2D eigenvalue weighted by atomic mass is 10.1. The molecule has 1 amide bonds. The van der Waals surface area contributed by atoms with E-state index in [1.807, 2.05) is 0 Å². The summed E-state index contributed by atoms with van der Waals surface area (Å²) in [5.74, 6) is 0.489. The van der Waals surface area contributed by atoms with Gasteiger partial charge in [-0.05, 0) is 24.3 Å². The molecule has 3 rings (SSSR count). The summed E-state index contributed by atoms with van der Waals surface area (Å²) in [4.78, 5) is 12.2. The van der Waals surface area contributed by atoms with Gasteiger partial charge in [-0.1, -0.05) is 23.7 Å². The molecule has 0 unspecified atom stereocenters. The van der Waals surface area contributed by atoms with Crippen LogP contribution in [0.15, 0.2) is 36.4 Å². The molecule has 0 atom stereocenters. The first-order chi connectivity index (χ1) is 10.1. The number of aromatic hydroxyl groups is 1. The molecule has 21 heavy (non-hydrogen) atoms. The van der Waals surface area contributed by atoms with Gasteiger partial charge in [0.05, 0.1) is 10.7 Å². The molecule has 108 valence electrons. The van der Waals surface area contributed by atoms with E-state index in [0.717, 1.165) is 0 Å². The fraction of sp³-hybridized carbons (Fsp3) is 0.133. The van der Waals surface area contributed by atoms with Gasteiger partial charge in [0.2, 0.25) is 0 Å². The Morgan fingerprint density at radius 1 is 1.19 bits per heavy atom. The van der Waals surface area contributed by atoms with E-state index in [1.54, 1.807) is 24.3 Å². The second-order valence-corrected chi connectivity index (χ2v) is 4.86. The molecular formula is C15H12ClNO4. The van der Waals surface area contributed by atoms with Crippen LogP contribution in [0.2, 0.25) is 5.02 Å². The van der Waals surface area contributed by atoms with Crippen molar-refractivity contribution in [3.8, 4) is 17.2 Å². The van der Waals surface area contributed by atoms with Gasteiger partial charge in [0, 0.05) is 5.56 Å². The van der Waals surface area contributed by atoms with E-state index < -0.39 is 5.91 Å². The average Bonchev–Trinajstić information content (AvgIpc) is 2.49. The van der Waals surface area contributed by atoms with Gasteiger partial charge in [-0.25, -0.2) is 0 Å². The number of hydrogen-bond donors (Lipinski definition) is 2. The minimum absolute atomic E-state index is 0.00510. The first-order valence-corrected chi connectivity index (χ1v) is 6.71. The quantitative estimate of drug-likeness (QED) is 0.837. The molecule has 1 aliphatic heterocycles. The molecule has 2 aromatic rings. The Kier molecular flexibility index (Phi) is 3.58. The summed E-state index contributed by atoms with van der Waals surface area (Å²) < 4.78 is 10.8. The molecule has 6 heteroatoms. The van der Waals surface area contributed by atoms with Crippen molar-refractivity contribution in [2.75, 3.05) is 18.5 Å². The highest BCUT2D eigenvalue weighted by molar-refractivity contribution is 6.32. The highest BCUT2D eigenvalue weighted by Gasteiger charge is 2.19. The zero-order valence-electron chi connectivity index (χ0n) is 10.9. The van der Waals surface area contributed by atoms with Crippen LogP contribution >= 0.6 is 11.6 Å². The third-order valence-electron chi connectivity index (χ3n) is 3.01. The number of para-hydroxylation sites is 2. The van der Waals surface area contributed by atoms with Gasteiger partial charge in [-0.2, -0.15) is 0 Å². The number of hydrogen-bond acceptors (Lipinski definition) is 4. The second-order valence-electron chi connectivity index (χ2n) is 4.45. The van der Waals surface area contributed by atoms with Crippen LogP contribution in [0, 0.1) is 0 Å². The first-order valence-electron chi connectivity index (χ1n) is 6.33. The molecule has 1 aliphatic rings. The van der Waals surface area contributed by atoms with Crippen molar-refractivity contribution in [3.63, 3.8) is 0 Å². The SMILES string of the molecule is O=C(Nc1ccccc1O)c1cc(Cl)c2c(c1)OCCO2. The minimum atomic E-state index is -0.393. The lowest BCUT2D eigenvalue weighted by molar-refractivity contribution is 0.102. The van der Waals surface area contributed by atoms with Gasteiger partial charge in [0.1, 0.15) is 19.0 Å². The minimum Gasteiger partial charge on any atom is -0.506 e. The van der Waals surface area contributed by atoms with Crippen LogP contribution in [0.5, 0.6) is 17.2 Å². The predicted octanol–water partition coefficient (Wildman–Crippen LogP) is 3.07. The molecular weight excluding hydrogens is 294 g/mol. The highest BCUT2D eigenvalue weighted by Crippen LogP contribution is 2.38. The topological polar surface area (TPSA) is 67.8 Å². The standard InChI is InChI=1S/C15H12ClNO4/c16-10-7-9(8-13-14(10)21-6-5-20-13)15(19)17-11-3-1-2-4-12(11)18/h1-4,7-8,18H,5-6H2,(H,17,19). The van der Waals surface area contributed by atoms with Crippen LogP contribution in [0.3, 0.4) is 0 Å². The van der Waals surface area contributed by atoms with Crippen LogP contribution in [0.25, 0.3) is 0 Å². The van der Waals surface area contributed by atoms with Crippen molar-refractivity contribution >= 4 is 23.2 Å². The van der Waals surface area contributed by atoms with E-state index in [9.17, 15) is 9.90 Å². The molecule has 0 fully saturated rings. The molecule has 2 aromatic carbocycles. The summed E-state index contributed by atoms with van der Waals surface area (Å²) in [5, 5.41) is 12.6. The number of nitrogens with one attached hydrogen (secondary N) is 1. The summed E-state index contributed by atoms with van der Waals surface area (Å²) >= 11 is 6.09. The van der Waals surface area contributed by atoms with E-state index in [1.165, 1.54) is 12.1 Å². The smallest absolute Gasteiger partial charge is 0.255 e. The Bertz CT molecular complexity index is 702. The van der Waals surface area contributed by atoms with E-state index in [4.69, 9.17) is 21.1 Å². The van der Waals surface area contributed by atoms with Crippen LogP contribution in [0.4, 0.5) is 5.69 Å². The van der Waals surface area contributed by atoms with Crippen LogP contribution in [-0.4, -0.2) is 24.2 Å². The number of phenolic OH excluding ortho intramolecular Hbond substituents is 1. The Hall–Kier alpha value is -2.40. The maximum absolute atomic E-state index is 12.2. The van der Waals surface area contributed by atoms with Crippen molar-refractivity contribution in [1.82, 2.24) is 0 Å². The Balaban J connectivity index is 1.88. The summed E-state index contributed by atoms with van der Waals surface area (Å²) in [6.07, 6.45) is 0. The highest BCUT2D eigenvalue weighted by atomic mass is 35.5. The third-order valence-corrected chi connectivity index (χ3v) is 3.29. The van der Waals surface area contributed by atoms with Crippen LogP contribution in [0.1, 0.15) is 10.4 Å². The van der Waals surface area contributed by atoms with Gasteiger partial charge < -0.3 is 19.9 Å². The lowest BCUT2D eigenvalue weighted by Crippen LogP contribution is -2.17. The number of ether oxygens (including phenoxy) is 2. The maximum atomic E-state index is 12.2. The Morgan fingerprint density at radius 2 is 1.95 bits per heavy atom. The number of halogens is 1. The molecule has 2 N–H and O–H groups in total. The largest absolute Gasteiger partial charge is 0.506 e. The fourth-order valence-electron chi connectivity index (χ4n) is 2.02. The molecule has 1 heterocycles. The van der Waals surface area contributed by atoms with Crippen molar-refractivity contribution in [2.24, 2.45) is 0 Å². The van der Waals surface area contributed by atoms with Crippen molar-refractivity contribution in [2.45, 2.75) is 0 Å². The molecule has 0 aliphatic carbocycles. The zero-order valence-corrected chi connectivity index (χ0v) is 11.7. The number of rotatable bonds is 2. The van der Waals surface area contributed by atoms with E-state index in [2.05, 4.69) is 5.32 Å². The summed E-state index contributed by atoms with van der Waals surface area (Å²) in [7, 11) is 0. The monoisotopic (exact) mass is 305 g/mol.